The Kier molecular flexibility index (Phi) is 4.08. The summed E-state index contributed by atoms with van der Waals surface area (Å²) in [7, 11) is 0. The smallest absolute Gasteiger partial charge is 0.183 e. The molecule has 1 aliphatic rings. The van der Waals surface area contributed by atoms with E-state index in [0.29, 0.717) is 6.61 Å². The van der Waals surface area contributed by atoms with Crippen molar-refractivity contribution in [3.8, 4) is 0 Å². The first-order chi connectivity index (χ1) is 6.16. The molecule has 0 aromatic carbocycles. The molecular weight excluding hydrogens is 176 g/mol. The Bertz CT molecular complexity index is 151. The van der Waals surface area contributed by atoms with Gasteiger partial charge < -0.3 is 24.8 Å². The third-order valence-corrected chi connectivity index (χ3v) is 1.96. The van der Waals surface area contributed by atoms with Crippen molar-refractivity contribution in [1.29, 1.82) is 0 Å². The van der Waals surface area contributed by atoms with Crippen LogP contribution in [0.15, 0.2) is 0 Å². The highest BCUT2D eigenvalue weighted by molar-refractivity contribution is 4.83. The van der Waals surface area contributed by atoms with Crippen LogP contribution < -0.4 is 0 Å². The quantitative estimate of drug-likeness (QED) is 0.526. The van der Waals surface area contributed by atoms with Crippen molar-refractivity contribution in [3.63, 3.8) is 0 Å². The minimum absolute atomic E-state index is 0.00733. The van der Waals surface area contributed by atoms with E-state index in [1.54, 1.807) is 0 Å². The van der Waals surface area contributed by atoms with Crippen molar-refractivity contribution < 1.29 is 24.8 Å². The second-order valence-corrected chi connectivity index (χ2v) is 3.12. The molecule has 0 aromatic heterocycles. The molecule has 78 valence electrons. The minimum Gasteiger partial charge on any atom is -0.388 e. The molecule has 1 heterocycles. The number of hydrogen-bond donors (Lipinski definition) is 3. The van der Waals surface area contributed by atoms with Gasteiger partial charge in [-0.1, -0.05) is 6.92 Å². The molecule has 0 aromatic rings. The van der Waals surface area contributed by atoms with Crippen LogP contribution in [0.3, 0.4) is 0 Å². The molecule has 1 fully saturated rings. The van der Waals surface area contributed by atoms with Crippen LogP contribution >= 0.6 is 0 Å². The average Bonchev–Trinajstić information content (AvgIpc) is 2.12. The van der Waals surface area contributed by atoms with Gasteiger partial charge in [0.05, 0.1) is 6.61 Å². The Balaban J connectivity index is 2.45. The predicted molar refractivity (Wildman–Crippen MR) is 44.0 cm³/mol. The lowest BCUT2D eigenvalue weighted by Gasteiger charge is -2.35. The summed E-state index contributed by atoms with van der Waals surface area (Å²) in [6.45, 7) is 2.37. The summed E-state index contributed by atoms with van der Waals surface area (Å²) >= 11 is 0. The van der Waals surface area contributed by atoms with Crippen molar-refractivity contribution in [3.05, 3.63) is 0 Å². The highest BCUT2D eigenvalue weighted by Crippen LogP contribution is 2.16. The molecule has 0 radical (unpaired) electrons. The van der Waals surface area contributed by atoms with E-state index in [2.05, 4.69) is 4.74 Å². The topological polar surface area (TPSA) is 79.2 Å². The van der Waals surface area contributed by atoms with E-state index >= 15 is 0 Å². The molecule has 1 saturated heterocycles. The highest BCUT2D eigenvalue weighted by atomic mass is 16.6. The van der Waals surface area contributed by atoms with Gasteiger partial charge in [0.15, 0.2) is 6.29 Å². The van der Waals surface area contributed by atoms with Gasteiger partial charge in [-0.25, -0.2) is 0 Å². The van der Waals surface area contributed by atoms with E-state index in [-0.39, 0.29) is 6.61 Å². The van der Waals surface area contributed by atoms with Gasteiger partial charge >= 0.3 is 0 Å². The molecule has 0 bridgehead atoms. The Morgan fingerprint density at radius 1 is 1.38 bits per heavy atom. The van der Waals surface area contributed by atoms with Crippen LogP contribution in [0.25, 0.3) is 0 Å². The normalized spacial score (nSPS) is 40.6. The van der Waals surface area contributed by atoms with Gasteiger partial charge in [0.25, 0.3) is 0 Å². The number of aliphatic hydroxyl groups is 3. The summed E-state index contributed by atoms with van der Waals surface area (Å²) < 4.78 is 9.88. The number of hydrogen-bond acceptors (Lipinski definition) is 5. The van der Waals surface area contributed by atoms with Crippen molar-refractivity contribution in [1.82, 2.24) is 0 Å². The van der Waals surface area contributed by atoms with Gasteiger partial charge in [0.2, 0.25) is 0 Å². The molecule has 13 heavy (non-hydrogen) atoms. The van der Waals surface area contributed by atoms with Crippen molar-refractivity contribution in [2.45, 2.75) is 37.9 Å². The molecule has 4 atom stereocenters. The number of rotatable bonds is 3. The Hall–Kier alpha value is -0.200. The Labute approximate surface area is 76.9 Å². The van der Waals surface area contributed by atoms with E-state index in [1.807, 2.05) is 6.92 Å². The molecule has 1 aliphatic heterocycles. The summed E-state index contributed by atoms with van der Waals surface area (Å²) in [6, 6.07) is 0. The SMILES string of the molecule is CCCO[C@H]1[C@H](O)COC(O)[C@@H]1O. The molecule has 0 aliphatic carbocycles. The molecule has 0 amide bonds. The summed E-state index contributed by atoms with van der Waals surface area (Å²) in [5, 5.41) is 27.8. The third-order valence-electron chi connectivity index (χ3n) is 1.96. The van der Waals surface area contributed by atoms with Crippen molar-refractivity contribution in [2.24, 2.45) is 0 Å². The van der Waals surface area contributed by atoms with Gasteiger partial charge in [0.1, 0.15) is 18.3 Å². The molecule has 5 heteroatoms. The summed E-state index contributed by atoms with van der Waals surface area (Å²) in [6.07, 6.45) is -3.25. The first kappa shape index (κ1) is 10.9. The average molecular weight is 192 g/mol. The van der Waals surface area contributed by atoms with Gasteiger partial charge in [-0.05, 0) is 6.42 Å². The summed E-state index contributed by atoms with van der Waals surface area (Å²) in [4.78, 5) is 0. The van der Waals surface area contributed by atoms with Crippen LogP contribution in [0.5, 0.6) is 0 Å². The highest BCUT2D eigenvalue weighted by Gasteiger charge is 2.38. The lowest BCUT2D eigenvalue weighted by molar-refractivity contribution is -0.261. The molecule has 1 rings (SSSR count). The van der Waals surface area contributed by atoms with Crippen LogP contribution in [-0.4, -0.2) is 53.1 Å². The van der Waals surface area contributed by atoms with Crippen LogP contribution in [0.4, 0.5) is 0 Å². The van der Waals surface area contributed by atoms with Crippen LogP contribution in [0, 0.1) is 0 Å². The molecule has 0 saturated carbocycles. The Morgan fingerprint density at radius 3 is 2.69 bits per heavy atom. The van der Waals surface area contributed by atoms with Crippen LogP contribution in [0.2, 0.25) is 0 Å². The second-order valence-electron chi connectivity index (χ2n) is 3.12. The molecular formula is C8H16O5. The van der Waals surface area contributed by atoms with Crippen LogP contribution in [-0.2, 0) is 9.47 Å². The number of ether oxygens (including phenoxy) is 2. The fourth-order valence-corrected chi connectivity index (χ4v) is 1.24. The fraction of sp³-hybridized carbons (Fsp3) is 1.00. The van der Waals surface area contributed by atoms with E-state index in [9.17, 15) is 10.2 Å². The van der Waals surface area contributed by atoms with E-state index in [0.717, 1.165) is 6.42 Å². The van der Waals surface area contributed by atoms with Gasteiger partial charge in [-0.2, -0.15) is 0 Å². The predicted octanol–water partition coefficient (Wildman–Crippen LogP) is -1.15. The molecule has 3 N–H and O–H groups in total. The lowest BCUT2D eigenvalue weighted by atomic mass is 10.1. The maximum absolute atomic E-state index is 9.37. The number of aliphatic hydroxyl groups excluding tert-OH is 3. The van der Waals surface area contributed by atoms with Crippen LogP contribution in [0.1, 0.15) is 13.3 Å². The summed E-state index contributed by atoms with van der Waals surface area (Å²) in [5.41, 5.74) is 0. The maximum atomic E-state index is 9.37. The van der Waals surface area contributed by atoms with E-state index in [1.165, 1.54) is 0 Å². The maximum Gasteiger partial charge on any atom is 0.183 e. The first-order valence-electron chi connectivity index (χ1n) is 4.44. The minimum atomic E-state index is -1.26. The van der Waals surface area contributed by atoms with Crippen molar-refractivity contribution in [2.75, 3.05) is 13.2 Å². The molecule has 5 nitrogen and oxygen atoms in total. The standard InChI is InChI=1S/C8H16O5/c1-2-3-12-7-5(9)4-13-8(11)6(7)10/h5-11H,2-4H2,1H3/t5-,6-,7+,8?/m1/s1. The zero-order valence-electron chi connectivity index (χ0n) is 7.59. The van der Waals surface area contributed by atoms with E-state index in [4.69, 9.17) is 9.84 Å². The van der Waals surface area contributed by atoms with Gasteiger partial charge in [0, 0.05) is 6.61 Å². The van der Waals surface area contributed by atoms with E-state index < -0.39 is 24.6 Å². The Morgan fingerprint density at radius 2 is 2.08 bits per heavy atom. The molecule has 1 unspecified atom stereocenters. The second kappa shape index (κ2) is 4.88. The monoisotopic (exact) mass is 192 g/mol. The zero-order chi connectivity index (χ0) is 9.84. The fourth-order valence-electron chi connectivity index (χ4n) is 1.24. The summed E-state index contributed by atoms with van der Waals surface area (Å²) in [5.74, 6) is 0. The van der Waals surface area contributed by atoms with Gasteiger partial charge in [-0.3, -0.25) is 0 Å². The molecule has 0 spiro atoms. The van der Waals surface area contributed by atoms with Gasteiger partial charge in [-0.15, -0.1) is 0 Å². The largest absolute Gasteiger partial charge is 0.388 e. The van der Waals surface area contributed by atoms with Crippen molar-refractivity contribution >= 4 is 0 Å². The third kappa shape index (κ3) is 2.62. The first-order valence-corrected chi connectivity index (χ1v) is 4.44. The zero-order valence-corrected chi connectivity index (χ0v) is 7.59. The lowest BCUT2D eigenvalue weighted by Crippen LogP contribution is -2.54.